The van der Waals surface area contributed by atoms with E-state index in [0.29, 0.717) is 24.8 Å². The van der Waals surface area contributed by atoms with Gasteiger partial charge in [-0.2, -0.15) is 17.4 Å². The molecule has 1 N–H and O–H groups in total. The summed E-state index contributed by atoms with van der Waals surface area (Å²) < 4.78 is 70.6. The van der Waals surface area contributed by atoms with Crippen LogP contribution in [0.25, 0.3) is 0 Å². The van der Waals surface area contributed by atoms with Gasteiger partial charge in [-0.1, -0.05) is 12.1 Å². The number of carbonyl (C=O) groups is 1. The Morgan fingerprint density at radius 1 is 1.38 bits per heavy atom. The van der Waals surface area contributed by atoms with Crippen LogP contribution < -0.4 is 4.72 Å². The molecule has 6 atom stereocenters. The lowest BCUT2D eigenvalue weighted by Gasteiger charge is -2.33. The maximum absolute atomic E-state index is 13.7. The molecular weight excluding hydrogens is 437 g/mol. The Kier molecular flexibility index (Phi) is 7.21. The van der Waals surface area contributed by atoms with Crippen molar-refractivity contribution in [3.05, 3.63) is 35.6 Å². The van der Waals surface area contributed by atoms with E-state index in [2.05, 4.69) is 4.72 Å². The van der Waals surface area contributed by atoms with E-state index in [-0.39, 0.29) is 25.2 Å². The topological polar surface area (TPSA) is 88.2 Å². The molecule has 1 amide bonds. The highest BCUT2D eigenvalue weighted by Crippen LogP contribution is 2.35. The van der Waals surface area contributed by atoms with E-state index >= 15 is 0 Å². The molecule has 0 unspecified atom stereocenters. The van der Waals surface area contributed by atoms with Gasteiger partial charge in [0.25, 0.3) is 10.2 Å². The van der Waals surface area contributed by atoms with E-state index in [1.807, 2.05) is 6.92 Å². The summed E-state index contributed by atoms with van der Waals surface area (Å²) in [5.74, 6) is -1.66. The molecule has 1 aromatic carbocycles. The highest BCUT2D eigenvalue weighted by Gasteiger charge is 2.44. The third-order valence-corrected chi connectivity index (χ3v) is 7.68. The Hall–Kier alpha value is -1.75. The van der Waals surface area contributed by atoms with E-state index in [1.54, 1.807) is 12.1 Å². The van der Waals surface area contributed by atoms with Gasteiger partial charge < -0.3 is 9.47 Å². The maximum atomic E-state index is 13.7. The number of halogens is 1. The van der Waals surface area contributed by atoms with Gasteiger partial charge in [0, 0.05) is 28.9 Å². The highest BCUT2D eigenvalue weighted by molar-refractivity contribution is 7.87. The van der Waals surface area contributed by atoms with Gasteiger partial charge in [0.1, 0.15) is 5.82 Å². The minimum Gasteiger partial charge on any atom is -0.453 e. The molecule has 0 spiro atoms. The number of nitrogens with zero attached hydrogens (tertiary/aromatic N) is 2. The molecule has 0 radical (unpaired) electrons. The number of likely N-dealkylation sites (tertiary alicyclic amines) is 1. The summed E-state index contributed by atoms with van der Waals surface area (Å²) in [5, 5.41) is 0. The summed E-state index contributed by atoms with van der Waals surface area (Å²) in [6.07, 6.45) is -0.235. The number of benzene rings is 1. The van der Waals surface area contributed by atoms with Crippen LogP contribution in [0.1, 0.15) is 53.2 Å². The molecule has 8 nitrogen and oxygen atoms in total. The second kappa shape index (κ2) is 10.5. The first kappa shape index (κ1) is 22.1. The summed E-state index contributed by atoms with van der Waals surface area (Å²) in [5.41, 5.74) is 0.477. The van der Waals surface area contributed by atoms with Crippen molar-refractivity contribution in [2.75, 3.05) is 27.8 Å². The average Bonchev–Trinajstić information content (AvgIpc) is 3.07. The van der Waals surface area contributed by atoms with Crippen molar-refractivity contribution < 1.29 is 29.8 Å². The molecule has 0 bridgehead atoms. The molecule has 1 heterocycles. The standard InChI is InChI=1S/C22H34FN3O5S/c1-15-12-20(24-32(28,29)25(2)3)21(26(15)22(27)30-4)14-31-19-10-8-16(9-11-19)17-6-5-7-18(23)13-17/h5-7,13,15-16,19-21,24H,8-12,14H2,1-4H3/t15-,16-,19+,20+,21+/m1/s1/i8D,16D/t8-,15+,16-,19+,20-,21-/m0. The molecule has 1 saturated carbocycles. The van der Waals surface area contributed by atoms with Gasteiger partial charge in [-0.05, 0) is 62.6 Å². The number of hydrogen-bond acceptors (Lipinski definition) is 5. The predicted molar refractivity (Wildman–Crippen MR) is 119 cm³/mol. The van der Waals surface area contributed by atoms with Crippen LogP contribution in [0.5, 0.6) is 0 Å². The quantitative estimate of drug-likeness (QED) is 0.658. The monoisotopic (exact) mass is 473 g/mol. The summed E-state index contributed by atoms with van der Waals surface area (Å²) in [7, 11) is 0.388. The summed E-state index contributed by atoms with van der Waals surface area (Å²) in [6, 6.07) is 4.43. The molecule has 2 aliphatic rings. The fourth-order valence-corrected chi connectivity index (χ4v) is 5.19. The molecule has 1 aromatic rings. The maximum Gasteiger partial charge on any atom is 0.410 e. The average molecular weight is 474 g/mol. The predicted octanol–water partition coefficient (Wildman–Crippen LogP) is 2.86. The molecule has 10 heteroatoms. The lowest BCUT2D eigenvalue weighted by Crippen LogP contribution is -2.52. The number of nitrogens with one attached hydrogen (secondary N) is 1. The summed E-state index contributed by atoms with van der Waals surface area (Å²) >= 11 is 0. The highest BCUT2D eigenvalue weighted by atomic mass is 32.2. The van der Waals surface area contributed by atoms with E-state index in [1.165, 1.54) is 38.2 Å². The fraction of sp³-hybridized carbons (Fsp3) is 0.682. The van der Waals surface area contributed by atoms with Gasteiger partial charge in [-0.3, -0.25) is 4.90 Å². The number of rotatable bonds is 7. The number of amides is 1. The van der Waals surface area contributed by atoms with Gasteiger partial charge in [0.15, 0.2) is 0 Å². The number of methoxy groups -OCH3 is 1. The zero-order valence-corrected chi connectivity index (χ0v) is 19.8. The Bertz CT molecular complexity index is 985. The van der Waals surface area contributed by atoms with Crippen molar-refractivity contribution in [1.82, 2.24) is 13.9 Å². The van der Waals surface area contributed by atoms with Gasteiger partial charge in [0.05, 0.1) is 25.9 Å². The minimum atomic E-state index is -3.73. The largest absolute Gasteiger partial charge is 0.453 e. The Morgan fingerprint density at radius 2 is 2.12 bits per heavy atom. The minimum absolute atomic E-state index is 0.0579. The molecule has 32 heavy (non-hydrogen) atoms. The van der Waals surface area contributed by atoms with Gasteiger partial charge in [-0.25, -0.2) is 9.18 Å². The van der Waals surface area contributed by atoms with E-state index < -0.39 is 46.5 Å². The van der Waals surface area contributed by atoms with Crippen molar-refractivity contribution in [1.29, 1.82) is 0 Å². The van der Waals surface area contributed by atoms with Crippen molar-refractivity contribution in [3.8, 4) is 0 Å². The fourth-order valence-electron chi connectivity index (χ4n) is 4.35. The molecular formula is C22H34FN3O5S. The van der Waals surface area contributed by atoms with Gasteiger partial charge >= 0.3 is 6.09 Å². The van der Waals surface area contributed by atoms with Crippen LogP contribution in [-0.2, 0) is 19.7 Å². The molecule has 3 rings (SSSR count). The van der Waals surface area contributed by atoms with Gasteiger partial charge in [-0.15, -0.1) is 0 Å². The lowest BCUT2D eigenvalue weighted by atomic mass is 9.82. The third-order valence-electron chi connectivity index (χ3n) is 6.12. The van der Waals surface area contributed by atoms with Crippen molar-refractivity contribution >= 4 is 16.3 Å². The molecule has 1 saturated heterocycles. The third kappa shape index (κ3) is 5.78. The molecule has 1 aliphatic heterocycles. The Morgan fingerprint density at radius 3 is 2.75 bits per heavy atom. The number of hydrogen-bond donors (Lipinski definition) is 1. The van der Waals surface area contributed by atoms with Crippen LogP contribution in [0.2, 0.25) is 0 Å². The van der Waals surface area contributed by atoms with Crippen LogP contribution in [0, 0.1) is 5.82 Å². The second-order valence-corrected chi connectivity index (χ2v) is 10.4. The SMILES string of the molecule is [2H][C@H]1C[C@@H](OC[C@H]2[C@@H](NS(=O)(=O)N(C)C)C[C@@H](C)N2C(=O)OC)CC[C@@]1([2H])c1cccc(F)c1. The zero-order chi connectivity index (χ0) is 25.3. The lowest BCUT2D eigenvalue weighted by molar-refractivity contribution is -0.00865. The van der Waals surface area contributed by atoms with Crippen molar-refractivity contribution in [2.45, 2.75) is 69.1 Å². The zero-order valence-electron chi connectivity index (χ0n) is 21.0. The first-order chi connectivity index (χ1) is 15.9. The second-order valence-electron chi connectivity index (χ2n) is 8.51. The normalized spacial score (nSPS) is 34.3. The van der Waals surface area contributed by atoms with Crippen LogP contribution in [0.15, 0.2) is 24.3 Å². The van der Waals surface area contributed by atoms with Crippen LogP contribution in [-0.4, -0.2) is 75.8 Å². The van der Waals surface area contributed by atoms with Gasteiger partial charge in [0.2, 0.25) is 0 Å². The summed E-state index contributed by atoms with van der Waals surface area (Å²) in [4.78, 5) is 13.9. The van der Waals surface area contributed by atoms with Crippen LogP contribution in [0.4, 0.5) is 9.18 Å². The number of carbonyl (C=O) groups excluding carboxylic acids is 1. The van der Waals surface area contributed by atoms with Crippen LogP contribution >= 0.6 is 0 Å². The Balaban J connectivity index is 1.70. The van der Waals surface area contributed by atoms with E-state index in [0.717, 1.165) is 4.31 Å². The van der Waals surface area contributed by atoms with E-state index in [4.69, 9.17) is 12.2 Å². The molecule has 2 fully saturated rings. The first-order valence-electron chi connectivity index (χ1n) is 11.8. The molecule has 180 valence electrons. The van der Waals surface area contributed by atoms with E-state index in [9.17, 15) is 17.6 Å². The Labute approximate surface area is 193 Å². The molecule has 1 aliphatic carbocycles. The van der Waals surface area contributed by atoms with Crippen molar-refractivity contribution in [2.24, 2.45) is 0 Å². The smallest absolute Gasteiger partial charge is 0.410 e. The summed E-state index contributed by atoms with van der Waals surface area (Å²) in [6.45, 7) is 1.88. The number of ether oxygens (including phenoxy) is 2. The van der Waals surface area contributed by atoms with Crippen molar-refractivity contribution in [3.63, 3.8) is 0 Å². The first-order valence-corrected chi connectivity index (χ1v) is 12.2. The van der Waals surface area contributed by atoms with Crippen LogP contribution in [0.3, 0.4) is 0 Å². The molecule has 0 aromatic heterocycles.